The van der Waals surface area contributed by atoms with Crippen molar-refractivity contribution in [3.8, 4) is 16.9 Å². The first-order valence-electron chi connectivity index (χ1n) is 11.8. The average molecular weight is 440 g/mol. The number of fused-ring (bicyclic) bond motifs is 3. The molecule has 0 fully saturated rings. The molecule has 1 N–H and O–H groups in total. The number of aromatic amines is 1. The highest BCUT2D eigenvalue weighted by atomic mass is 16.5. The zero-order valence-corrected chi connectivity index (χ0v) is 19.5. The van der Waals surface area contributed by atoms with Crippen molar-refractivity contribution in [1.29, 1.82) is 0 Å². The van der Waals surface area contributed by atoms with Crippen molar-refractivity contribution in [2.45, 2.75) is 46.6 Å². The molecular weight excluding hydrogens is 410 g/mol. The first-order chi connectivity index (χ1) is 15.9. The molecule has 1 aliphatic carbocycles. The van der Waals surface area contributed by atoms with Crippen LogP contribution in [0.5, 0.6) is 5.75 Å². The molecule has 0 saturated carbocycles. The molecule has 6 nitrogen and oxygen atoms in total. The van der Waals surface area contributed by atoms with Crippen molar-refractivity contribution in [3.05, 3.63) is 65.4 Å². The molecule has 4 aromatic rings. The van der Waals surface area contributed by atoms with E-state index in [-0.39, 0.29) is 0 Å². The minimum Gasteiger partial charge on any atom is -0.491 e. The highest BCUT2D eigenvalue weighted by molar-refractivity contribution is 5.82. The van der Waals surface area contributed by atoms with Gasteiger partial charge in [0.05, 0.1) is 17.6 Å². The van der Waals surface area contributed by atoms with Crippen molar-refractivity contribution >= 4 is 16.9 Å². The number of hydrogen-bond acceptors (Lipinski definition) is 5. The van der Waals surface area contributed by atoms with Crippen molar-refractivity contribution < 1.29 is 4.74 Å². The molecule has 0 bridgehead atoms. The van der Waals surface area contributed by atoms with E-state index in [1.165, 1.54) is 34.4 Å². The normalized spacial score (nSPS) is 17.2. The van der Waals surface area contributed by atoms with Gasteiger partial charge in [0.1, 0.15) is 30.3 Å². The number of hydrogen-bond donors (Lipinski definition) is 1. The van der Waals surface area contributed by atoms with E-state index in [0.717, 1.165) is 54.4 Å². The van der Waals surface area contributed by atoms with Crippen LogP contribution in [0.2, 0.25) is 0 Å². The fourth-order valence-electron chi connectivity index (χ4n) is 5.20. The van der Waals surface area contributed by atoms with E-state index < -0.39 is 0 Å². The van der Waals surface area contributed by atoms with Crippen LogP contribution < -0.4 is 9.64 Å². The number of benzene rings is 2. The fourth-order valence-corrected chi connectivity index (χ4v) is 5.20. The van der Waals surface area contributed by atoms with Gasteiger partial charge in [0.2, 0.25) is 0 Å². The second-order valence-corrected chi connectivity index (χ2v) is 10.1. The van der Waals surface area contributed by atoms with Gasteiger partial charge in [0, 0.05) is 23.4 Å². The summed E-state index contributed by atoms with van der Waals surface area (Å²) in [5, 5.41) is 0. The molecule has 33 heavy (non-hydrogen) atoms. The highest BCUT2D eigenvalue weighted by Crippen LogP contribution is 2.38. The summed E-state index contributed by atoms with van der Waals surface area (Å²) in [6.07, 6.45) is 4.95. The predicted molar refractivity (Wildman–Crippen MR) is 131 cm³/mol. The van der Waals surface area contributed by atoms with Crippen LogP contribution in [0.4, 0.5) is 5.82 Å². The number of aromatic nitrogens is 4. The molecular formula is C27H29N5O. The summed E-state index contributed by atoms with van der Waals surface area (Å²) in [7, 11) is 0. The highest BCUT2D eigenvalue weighted by Gasteiger charge is 2.30. The minimum atomic E-state index is 0.302. The maximum absolute atomic E-state index is 6.14. The Morgan fingerprint density at radius 1 is 1.06 bits per heavy atom. The molecule has 0 atom stereocenters. The van der Waals surface area contributed by atoms with Crippen LogP contribution in [-0.4, -0.2) is 33.1 Å². The fraction of sp³-hybridized carbons (Fsp3) is 0.370. The van der Waals surface area contributed by atoms with E-state index in [1.807, 2.05) is 6.92 Å². The quantitative estimate of drug-likeness (QED) is 0.463. The van der Waals surface area contributed by atoms with E-state index >= 15 is 0 Å². The largest absolute Gasteiger partial charge is 0.491 e. The number of H-pyrrole nitrogens is 1. The van der Waals surface area contributed by atoms with Gasteiger partial charge in [-0.05, 0) is 67.0 Å². The predicted octanol–water partition coefficient (Wildman–Crippen LogP) is 5.24. The average Bonchev–Trinajstić information content (AvgIpc) is 3.03. The molecule has 2 aliphatic rings. The summed E-state index contributed by atoms with van der Waals surface area (Å²) < 4.78 is 6.14. The Kier molecular flexibility index (Phi) is 4.64. The molecule has 2 aromatic carbocycles. The summed E-state index contributed by atoms with van der Waals surface area (Å²) >= 11 is 0. The number of aryl methyl sites for hydroxylation is 1. The first-order valence-corrected chi connectivity index (χ1v) is 11.8. The summed E-state index contributed by atoms with van der Waals surface area (Å²) in [5.74, 6) is 2.97. The molecule has 3 heterocycles. The van der Waals surface area contributed by atoms with E-state index in [0.29, 0.717) is 12.0 Å². The smallest absolute Gasteiger partial charge is 0.135 e. The second-order valence-electron chi connectivity index (χ2n) is 10.1. The van der Waals surface area contributed by atoms with Gasteiger partial charge in [-0.25, -0.2) is 15.0 Å². The maximum Gasteiger partial charge on any atom is 0.135 e. The molecule has 1 aliphatic heterocycles. The van der Waals surface area contributed by atoms with Crippen LogP contribution in [0.3, 0.4) is 0 Å². The van der Waals surface area contributed by atoms with Gasteiger partial charge in [-0.15, -0.1) is 0 Å². The summed E-state index contributed by atoms with van der Waals surface area (Å²) in [4.78, 5) is 19.6. The van der Waals surface area contributed by atoms with E-state index in [4.69, 9.17) is 9.72 Å². The molecule has 2 aromatic heterocycles. The van der Waals surface area contributed by atoms with Crippen LogP contribution >= 0.6 is 0 Å². The Morgan fingerprint density at radius 2 is 1.91 bits per heavy atom. The third kappa shape index (κ3) is 3.73. The second kappa shape index (κ2) is 7.58. The number of rotatable bonds is 2. The molecule has 6 heteroatoms. The number of nitrogens with one attached hydrogen (secondary N) is 1. The lowest BCUT2D eigenvalue weighted by molar-refractivity contribution is 0.309. The Balaban J connectivity index is 1.35. The zero-order chi connectivity index (χ0) is 22.6. The molecule has 168 valence electrons. The Morgan fingerprint density at radius 3 is 2.82 bits per heavy atom. The van der Waals surface area contributed by atoms with Crippen LogP contribution in [0, 0.1) is 12.3 Å². The Bertz CT molecular complexity index is 1360. The molecule has 0 radical (unpaired) electrons. The number of ether oxygens (including phenoxy) is 1. The van der Waals surface area contributed by atoms with Crippen LogP contribution in [0.1, 0.15) is 42.9 Å². The third-order valence-corrected chi connectivity index (χ3v) is 6.98. The Hall–Kier alpha value is -3.41. The van der Waals surface area contributed by atoms with E-state index in [1.54, 1.807) is 6.33 Å². The number of nitrogens with zero attached hydrogens (tertiary/aromatic N) is 4. The maximum atomic E-state index is 6.14. The SMILES string of the molecule is Cc1nc2ccc(-c3ccc4c(c3)CN(c3ncnc5c3CCC(C)(C)C5)CCO4)cc2[nH]1. The van der Waals surface area contributed by atoms with Crippen LogP contribution in [-0.2, 0) is 19.4 Å². The van der Waals surface area contributed by atoms with Crippen molar-refractivity contribution in [2.24, 2.45) is 5.41 Å². The van der Waals surface area contributed by atoms with Gasteiger partial charge in [-0.1, -0.05) is 26.0 Å². The first kappa shape index (κ1) is 20.2. The Labute approximate surface area is 194 Å². The monoisotopic (exact) mass is 439 g/mol. The number of imidazole rings is 1. The zero-order valence-electron chi connectivity index (χ0n) is 19.5. The summed E-state index contributed by atoms with van der Waals surface area (Å²) in [6.45, 7) is 8.89. The van der Waals surface area contributed by atoms with Gasteiger partial charge in [0.25, 0.3) is 0 Å². The van der Waals surface area contributed by atoms with Crippen LogP contribution in [0.25, 0.3) is 22.2 Å². The lowest BCUT2D eigenvalue weighted by Gasteiger charge is -2.33. The topological polar surface area (TPSA) is 66.9 Å². The van der Waals surface area contributed by atoms with Crippen molar-refractivity contribution in [3.63, 3.8) is 0 Å². The van der Waals surface area contributed by atoms with Crippen LogP contribution in [0.15, 0.2) is 42.7 Å². The summed E-state index contributed by atoms with van der Waals surface area (Å²) in [5.41, 5.74) is 8.43. The minimum absolute atomic E-state index is 0.302. The van der Waals surface area contributed by atoms with Crippen molar-refractivity contribution in [1.82, 2.24) is 19.9 Å². The standard InChI is InChI=1S/C27H29N5O/c1-17-30-22-6-4-19(13-23(22)31-17)18-5-7-25-20(12-18)15-32(10-11-33-25)26-21-8-9-27(2,3)14-24(21)28-16-29-26/h4-7,12-13,16H,8-11,14-15H2,1-3H3,(H,30,31). The van der Waals surface area contributed by atoms with Gasteiger partial charge in [-0.3, -0.25) is 0 Å². The van der Waals surface area contributed by atoms with Gasteiger partial charge in [0.15, 0.2) is 0 Å². The lowest BCUT2D eigenvalue weighted by atomic mass is 9.76. The van der Waals surface area contributed by atoms with Gasteiger partial charge >= 0.3 is 0 Å². The van der Waals surface area contributed by atoms with Crippen molar-refractivity contribution in [2.75, 3.05) is 18.1 Å². The number of anilines is 1. The molecule has 6 rings (SSSR count). The molecule has 0 amide bonds. The third-order valence-electron chi connectivity index (χ3n) is 6.98. The molecule has 0 saturated heterocycles. The molecule has 0 unspecified atom stereocenters. The van der Waals surface area contributed by atoms with E-state index in [9.17, 15) is 0 Å². The molecule has 0 spiro atoms. The summed E-state index contributed by atoms with van der Waals surface area (Å²) in [6, 6.07) is 12.9. The van der Waals surface area contributed by atoms with Gasteiger partial charge in [-0.2, -0.15) is 0 Å². The van der Waals surface area contributed by atoms with E-state index in [2.05, 4.69) is 70.1 Å². The van der Waals surface area contributed by atoms with Gasteiger partial charge < -0.3 is 14.6 Å². The lowest BCUT2D eigenvalue weighted by Crippen LogP contribution is -2.30.